The maximum absolute atomic E-state index is 12.2. The Labute approximate surface area is 127 Å². The Kier molecular flexibility index (Phi) is 3.92. The fourth-order valence-corrected chi connectivity index (χ4v) is 3.28. The molecule has 2 heterocycles. The number of amides is 1. The summed E-state index contributed by atoms with van der Waals surface area (Å²) in [7, 11) is 0. The Balaban J connectivity index is 1.60. The Hall–Kier alpha value is -1.89. The molecule has 2 aromatic rings. The number of H-pyrrole nitrogens is 1. The quantitative estimate of drug-likeness (QED) is 0.798. The van der Waals surface area contributed by atoms with Crippen molar-refractivity contribution in [2.24, 2.45) is 5.92 Å². The minimum Gasteiger partial charge on any atom is -0.375 e. The number of nitrogens with one attached hydrogen (secondary N) is 2. The lowest BCUT2D eigenvalue weighted by molar-refractivity contribution is 0.0948. The molecule has 1 aliphatic carbocycles. The summed E-state index contributed by atoms with van der Waals surface area (Å²) in [5, 5.41) is 12.6. The van der Waals surface area contributed by atoms with Crippen molar-refractivity contribution in [2.45, 2.75) is 32.6 Å². The molecule has 1 atom stereocenters. The lowest BCUT2D eigenvalue weighted by Gasteiger charge is -2.17. The maximum atomic E-state index is 12.2. The second-order valence-electron chi connectivity index (χ2n) is 5.56. The molecule has 21 heavy (non-hydrogen) atoms. The molecule has 0 radical (unpaired) electrons. The van der Waals surface area contributed by atoms with Crippen molar-refractivity contribution in [2.75, 3.05) is 12.3 Å². The number of aryl methyl sites for hydroxylation is 1. The molecule has 1 unspecified atom stereocenters. The third kappa shape index (κ3) is 3.07. The van der Waals surface area contributed by atoms with Gasteiger partial charge in [-0.3, -0.25) is 9.89 Å². The number of aromatic amines is 1. The summed E-state index contributed by atoms with van der Waals surface area (Å²) in [6, 6.07) is 0. The number of hydrogen-bond acceptors (Lipinski definition) is 5. The molecule has 0 aliphatic heterocycles. The third-order valence-corrected chi connectivity index (χ3v) is 4.57. The van der Waals surface area contributed by atoms with Gasteiger partial charge in [-0.15, -0.1) is 11.3 Å². The molecule has 0 saturated carbocycles. The van der Waals surface area contributed by atoms with E-state index in [9.17, 15) is 4.79 Å². The zero-order valence-electron chi connectivity index (χ0n) is 12.0. The lowest BCUT2D eigenvalue weighted by atomic mass is 9.87. The van der Waals surface area contributed by atoms with Gasteiger partial charge in [-0.05, 0) is 25.2 Å². The Bertz CT molecular complexity index is 648. The van der Waals surface area contributed by atoms with Gasteiger partial charge >= 0.3 is 0 Å². The molecule has 112 valence electrons. The van der Waals surface area contributed by atoms with Crippen molar-refractivity contribution in [3.05, 3.63) is 28.0 Å². The molecule has 1 amide bonds. The van der Waals surface area contributed by atoms with Gasteiger partial charge in [0.2, 0.25) is 0 Å². The summed E-state index contributed by atoms with van der Waals surface area (Å²) in [5.41, 5.74) is 9.25. The predicted molar refractivity (Wildman–Crippen MR) is 82.3 cm³/mol. The van der Waals surface area contributed by atoms with Crippen molar-refractivity contribution >= 4 is 22.4 Å². The van der Waals surface area contributed by atoms with Gasteiger partial charge in [0.05, 0.1) is 5.69 Å². The van der Waals surface area contributed by atoms with Crippen LogP contribution in [0.4, 0.5) is 5.13 Å². The van der Waals surface area contributed by atoms with Crippen LogP contribution < -0.4 is 11.1 Å². The van der Waals surface area contributed by atoms with Crippen LogP contribution in [0.15, 0.2) is 5.38 Å². The van der Waals surface area contributed by atoms with Crippen LogP contribution in [0.5, 0.6) is 0 Å². The van der Waals surface area contributed by atoms with E-state index < -0.39 is 0 Å². The van der Waals surface area contributed by atoms with Crippen LogP contribution in [0.2, 0.25) is 0 Å². The van der Waals surface area contributed by atoms with E-state index in [1.165, 1.54) is 11.3 Å². The number of hydrogen-bond donors (Lipinski definition) is 3. The first-order chi connectivity index (χ1) is 10.1. The lowest BCUT2D eigenvalue weighted by Crippen LogP contribution is -2.27. The van der Waals surface area contributed by atoms with E-state index in [2.05, 4.69) is 27.4 Å². The highest BCUT2D eigenvalue weighted by atomic mass is 32.1. The van der Waals surface area contributed by atoms with E-state index in [1.807, 2.05) is 5.38 Å². The third-order valence-electron chi connectivity index (χ3n) is 3.84. The summed E-state index contributed by atoms with van der Waals surface area (Å²) in [5.74, 6) is 0.504. The van der Waals surface area contributed by atoms with Crippen LogP contribution >= 0.6 is 11.3 Å². The minimum absolute atomic E-state index is 0.107. The number of rotatable bonds is 4. The van der Waals surface area contributed by atoms with Crippen LogP contribution in [-0.4, -0.2) is 27.6 Å². The topological polar surface area (TPSA) is 96.7 Å². The largest absolute Gasteiger partial charge is 0.375 e. The highest BCUT2D eigenvalue weighted by Crippen LogP contribution is 2.26. The zero-order valence-corrected chi connectivity index (χ0v) is 12.8. The summed E-state index contributed by atoms with van der Waals surface area (Å²) in [6.45, 7) is 2.75. The second kappa shape index (κ2) is 5.85. The molecule has 0 saturated heterocycles. The zero-order chi connectivity index (χ0) is 14.8. The maximum Gasteiger partial charge on any atom is 0.272 e. The van der Waals surface area contributed by atoms with Crippen LogP contribution in [0, 0.1) is 5.92 Å². The molecular formula is C14H19N5OS. The standard InChI is InChI=1S/C14H19N5OS/c1-8-2-3-11-10(6-8)12(19-18-11)13(20)16-5-4-9-7-21-14(15)17-9/h7-8H,2-6H2,1H3,(H2,15,17)(H,16,20)(H,18,19). The molecule has 6 nitrogen and oxygen atoms in total. The number of fused-ring (bicyclic) bond motifs is 1. The summed E-state index contributed by atoms with van der Waals surface area (Å²) in [4.78, 5) is 16.4. The number of carbonyl (C=O) groups excluding carboxylic acids is 1. The number of nitrogens with two attached hydrogens (primary N) is 1. The van der Waals surface area contributed by atoms with E-state index >= 15 is 0 Å². The van der Waals surface area contributed by atoms with Crippen LogP contribution in [0.25, 0.3) is 0 Å². The fourth-order valence-electron chi connectivity index (χ4n) is 2.68. The van der Waals surface area contributed by atoms with Gasteiger partial charge in [0, 0.05) is 29.6 Å². The number of thiazole rings is 1. The van der Waals surface area contributed by atoms with Crippen LogP contribution in [0.1, 0.15) is 40.8 Å². The molecule has 3 rings (SSSR count). The number of anilines is 1. The van der Waals surface area contributed by atoms with Gasteiger partial charge in [0.1, 0.15) is 0 Å². The number of nitrogens with zero attached hydrogens (tertiary/aromatic N) is 2. The van der Waals surface area contributed by atoms with Crippen molar-refractivity contribution in [1.29, 1.82) is 0 Å². The van der Waals surface area contributed by atoms with Gasteiger partial charge in [-0.25, -0.2) is 4.98 Å². The van der Waals surface area contributed by atoms with Crippen molar-refractivity contribution in [3.63, 3.8) is 0 Å². The Morgan fingerprint density at radius 1 is 1.62 bits per heavy atom. The molecule has 7 heteroatoms. The predicted octanol–water partition coefficient (Wildman–Crippen LogP) is 1.55. The fraction of sp³-hybridized carbons (Fsp3) is 0.500. The molecule has 1 aliphatic rings. The van der Waals surface area contributed by atoms with E-state index in [0.29, 0.717) is 29.7 Å². The van der Waals surface area contributed by atoms with Gasteiger partial charge in [-0.1, -0.05) is 6.92 Å². The van der Waals surface area contributed by atoms with Gasteiger partial charge in [0.15, 0.2) is 10.8 Å². The highest BCUT2D eigenvalue weighted by molar-refractivity contribution is 7.13. The summed E-state index contributed by atoms with van der Waals surface area (Å²) in [6.07, 6.45) is 3.75. The molecule has 0 fully saturated rings. The van der Waals surface area contributed by atoms with Gasteiger partial charge in [-0.2, -0.15) is 5.10 Å². The monoisotopic (exact) mass is 305 g/mol. The van der Waals surface area contributed by atoms with E-state index in [0.717, 1.165) is 36.2 Å². The molecule has 0 aromatic carbocycles. The first-order valence-corrected chi connectivity index (χ1v) is 8.05. The second-order valence-corrected chi connectivity index (χ2v) is 6.45. The molecular weight excluding hydrogens is 286 g/mol. The van der Waals surface area contributed by atoms with E-state index in [4.69, 9.17) is 5.73 Å². The van der Waals surface area contributed by atoms with E-state index in [1.54, 1.807) is 0 Å². The molecule has 0 bridgehead atoms. The van der Waals surface area contributed by atoms with E-state index in [-0.39, 0.29) is 5.91 Å². The molecule has 4 N–H and O–H groups in total. The molecule has 2 aromatic heterocycles. The van der Waals surface area contributed by atoms with Crippen LogP contribution in [0.3, 0.4) is 0 Å². The summed E-state index contributed by atoms with van der Waals surface area (Å²) < 4.78 is 0. The minimum atomic E-state index is -0.107. The number of nitrogen functional groups attached to an aromatic ring is 1. The smallest absolute Gasteiger partial charge is 0.272 e. The van der Waals surface area contributed by atoms with Crippen molar-refractivity contribution in [3.8, 4) is 0 Å². The molecule has 0 spiro atoms. The van der Waals surface area contributed by atoms with Gasteiger partial charge < -0.3 is 11.1 Å². The average Bonchev–Trinajstić information content (AvgIpc) is 3.04. The first-order valence-electron chi connectivity index (χ1n) is 7.17. The van der Waals surface area contributed by atoms with Crippen molar-refractivity contribution in [1.82, 2.24) is 20.5 Å². The SMILES string of the molecule is CC1CCc2[nH]nc(C(=O)NCCc3csc(N)n3)c2C1. The summed E-state index contributed by atoms with van der Waals surface area (Å²) >= 11 is 1.42. The highest BCUT2D eigenvalue weighted by Gasteiger charge is 2.24. The van der Waals surface area contributed by atoms with Crippen LogP contribution in [-0.2, 0) is 19.3 Å². The van der Waals surface area contributed by atoms with Gasteiger partial charge in [0.25, 0.3) is 5.91 Å². The van der Waals surface area contributed by atoms with Crippen molar-refractivity contribution < 1.29 is 4.79 Å². The average molecular weight is 305 g/mol. The normalized spacial score (nSPS) is 17.5. The first kappa shape index (κ1) is 14.1. The Morgan fingerprint density at radius 3 is 3.24 bits per heavy atom. The number of aromatic nitrogens is 3. The number of carbonyl (C=O) groups is 1. The Morgan fingerprint density at radius 2 is 2.48 bits per heavy atom.